The summed E-state index contributed by atoms with van der Waals surface area (Å²) in [4.78, 5) is 4.54. The molecule has 1 aromatic rings. The van der Waals surface area contributed by atoms with E-state index in [1.807, 2.05) is 0 Å². The Kier molecular flexibility index (Phi) is 3.59. The van der Waals surface area contributed by atoms with E-state index in [2.05, 4.69) is 22.1 Å². The fourth-order valence-electron chi connectivity index (χ4n) is 2.40. The van der Waals surface area contributed by atoms with Crippen molar-refractivity contribution in [3.05, 3.63) is 11.6 Å². The lowest BCUT2D eigenvalue weighted by molar-refractivity contribution is 0.433. The van der Waals surface area contributed by atoms with Crippen LogP contribution < -0.4 is 5.73 Å². The topological polar surface area (TPSA) is 67.6 Å². The molecule has 0 unspecified atom stereocenters. The second-order valence-corrected chi connectivity index (χ2v) is 4.93. The fraction of sp³-hybridized carbons (Fsp3) is 0.833. The minimum Gasteiger partial charge on any atom is -0.319 e. The van der Waals surface area contributed by atoms with Crippen LogP contribution in [0.4, 0.5) is 0 Å². The van der Waals surface area contributed by atoms with Gasteiger partial charge in [-0.2, -0.15) is 5.10 Å². The zero-order valence-electron chi connectivity index (χ0n) is 10.1. The van der Waals surface area contributed by atoms with E-state index < -0.39 is 0 Å². The Balaban J connectivity index is 1.96. The van der Waals surface area contributed by atoms with Gasteiger partial charge in [-0.3, -0.25) is 5.10 Å². The largest absolute Gasteiger partial charge is 0.319 e. The van der Waals surface area contributed by atoms with Crippen molar-refractivity contribution in [3.63, 3.8) is 0 Å². The van der Waals surface area contributed by atoms with Crippen molar-refractivity contribution in [2.45, 2.75) is 63.8 Å². The lowest BCUT2D eigenvalue weighted by Gasteiger charge is -2.18. The van der Waals surface area contributed by atoms with Gasteiger partial charge in [0.15, 0.2) is 5.82 Å². The van der Waals surface area contributed by atoms with Gasteiger partial charge in [0.25, 0.3) is 0 Å². The maximum absolute atomic E-state index is 6.30. The van der Waals surface area contributed by atoms with Gasteiger partial charge in [-0.1, -0.05) is 32.6 Å². The van der Waals surface area contributed by atoms with Crippen molar-refractivity contribution >= 4 is 0 Å². The van der Waals surface area contributed by atoms with Crippen LogP contribution in [0, 0.1) is 0 Å². The van der Waals surface area contributed by atoms with Gasteiger partial charge < -0.3 is 5.73 Å². The van der Waals surface area contributed by atoms with Crippen LogP contribution in [0.3, 0.4) is 0 Å². The van der Waals surface area contributed by atoms with Crippen molar-refractivity contribution in [1.29, 1.82) is 0 Å². The number of rotatable bonds is 5. The van der Waals surface area contributed by atoms with E-state index in [-0.39, 0.29) is 5.54 Å². The van der Waals surface area contributed by atoms with Crippen molar-refractivity contribution in [2.75, 3.05) is 0 Å². The fourth-order valence-corrected chi connectivity index (χ4v) is 2.40. The first-order valence-electron chi connectivity index (χ1n) is 6.45. The average molecular weight is 222 g/mol. The molecule has 0 bridgehead atoms. The molecule has 0 amide bonds. The van der Waals surface area contributed by atoms with Crippen molar-refractivity contribution in [3.8, 4) is 0 Å². The molecule has 4 heteroatoms. The third-order valence-corrected chi connectivity index (χ3v) is 3.49. The molecular formula is C12H22N4. The molecule has 1 aromatic heterocycles. The quantitative estimate of drug-likeness (QED) is 0.751. The normalized spacial score (nSPS) is 19.1. The van der Waals surface area contributed by atoms with Crippen LogP contribution in [-0.4, -0.2) is 15.2 Å². The third kappa shape index (κ3) is 2.43. The number of aromatic amines is 1. The molecule has 90 valence electrons. The summed E-state index contributed by atoms with van der Waals surface area (Å²) in [7, 11) is 0. The molecule has 0 aliphatic heterocycles. The van der Waals surface area contributed by atoms with Gasteiger partial charge in [-0.05, 0) is 19.3 Å². The van der Waals surface area contributed by atoms with Gasteiger partial charge in [-0.15, -0.1) is 0 Å². The Morgan fingerprint density at radius 2 is 2.06 bits per heavy atom. The summed E-state index contributed by atoms with van der Waals surface area (Å²) in [6.45, 7) is 2.21. The van der Waals surface area contributed by atoms with Gasteiger partial charge in [0.2, 0.25) is 0 Å². The molecular weight excluding hydrogens is 200 g/mol. The number of nitrogens with two attached hydrogens (primary N) is 1. The zero-order valence-corrected chi connectivity index (χ0v) is 10.1. The summed E-state index contributed by atoms with van der Waals surface area (Å²) in [6.07, 6.45) is 9.14. The predicted octanol–water partition coefficient (Wildman–Crippen LogP) is 2.27. The lowest BCUT2D eigenvalue weighted by Crippen LogP contribution is -2.34. The molecule has 0 saturated heterocycles. The van der Waals surface area contributed by atoms with Crippen molar-refractivity contribution in [1.82, 2.24) is 15.2 Å². The second-order valence-electron chi connectivity index (χ2n) is 4.93. The molecule has 0 atom stereocenters. The number of hydrogen-bond acceptors (Lipinski definition) is 3. The summed E-state index contributed by atoms with van der Waals surface area (Å²) >= 11 is 0. The van der Waals surface area contributed by atoms with Crippen LogP contribution in [0.2, 0.25) is 0 Å². The molecule has 1 saturated carbocycles. The standard InChI is InChI=1S/C12H22N4/c1-2-3-4-7-10-14-11(16-15-10)12(13)8-5-6-9-12/h2-9,13H2,1H3,(H,14,15,16). The van der Waals surface area contributed by atoms with Crippen LogP contribution in [-0.2, 0) is 12.0 Å². The average Bonchev–Trinajstić information content (AvgIpc) is 2.88. The summed E-state index contributed by atoms with van der Waals surface area (Å²) in [5, 5.41) is 7.31. The van der Waals surface area contributed by atoms with Crippen LogP contribution in [0.25, 0.3) is 0 Å². The summed E-state index contributed by atoms with van der Waals surface area (Å²) in [5.41, 5.74) is 6.05. The number of unbranched alkanes of at least 4 members (excludes halogenated alkanes) is 2. The van der Waals surface area contributed by atoms with Gasteiger partial charge in [-0.25, -0.2) is 4.98 Å². The Bertz CT molecular complexity index is 326. The molecule has 1 aliphatic rings. The third-order valence-electron chi connectivity index (χ3n) is 3.49. The highest BCUT2D eigenvalue weighted by Gasteiger charge is 2.34. The molecule has 1 aliphatic carbocycles. The van der Waals surface area contributed by atoms with E-state index in [0.717, 1.165) is 30.9 Å². The Hall–Kier alpha value is -0.900. The monoisotopic (exact) mass is 222 g/mol. The van der Waals surface area contributed by atoms with E-state index >= 15 is 0 Å². The molecule has 0 spiro atoms. The van der Waals surface area contributed by atoms with Crippen LogP contribution >= 0.6 is 0 Å². The van der Waals surface area contributed by atoms with Gasteiger partial charge in [0, 0.05) is 6.42 Å². The second kappa shape index (κ2) is 4.95. The predicted molar refractivity (Wildman–Crippen MR) is 63.9 cm³/mol. The molecule has 0 radical (unpaired) electrons. The first kappa shape index (κ1) is 11.6. The Labute approximate surface area is 97.0 Å². The highest BCUT2D eigenvalue weighted by Crippen LogP contribution is 2.34. The molecule has 3 N–H and O–H groups in total. The lowest BCUT2D eigenvalue weighted by atomic mass is 9.99. The van der Waals surface area contributed by atoms with E-state index in [9.17, 15) is 0 Å². The number of nitrogens with zero attached hydrogens (tertiary/aromatic N) is 2. The number of nitrogens with one attached hydrogen (secondary N) is 1. The number of aromatic nitrogens is 3. The maximum atomic E-state index is 6.30. The molecule has 1 fully saturated rings. The number of hydrogen-bond donors (Lipinski definition) is 2. The summed E-state index contributed by atoms with van der Waals surface area (Å²) in [5.74, 6) is 1.83. The molecule has 4 nitrogen and oxygen atoms in total. The molecule has 16 heavy (non-hydrogen) atoms. The molecule has 0 aromatic carbocycles. The highest BCUT2D eigenvalue weighted by atomic mass is 15.2. The van der Waals surface area contributed by atoms with E-state index in [0.29, 0.717) is 0 Å². The first-order valence-corrected chi connectivity index (χ1v) is 6.45. The van der Waals surface area contributed by atoms with E-state index in [4.69, 9.17) is 5.73 Å². The Morgan fingerprint density at radius 1 is 1.31 bits per heavy atom. The minimum absolute atomic E-state index is 0.250. The van der Waals surface area contributed by atoms with Crippen LogP contribution in [0.5, 0.6) is 0 Å². The summed E-state index contributed by atoms with van der Waals surface area (Å²) < 4.78 is 0. The number of H-pyrrole nitrogens is 1. The van der Waals surface area contributed by atoms with Crippen LogP contribution in [0.15, 0.2) is 0 Å². The summed E-state index contributed by atoms with van der Waals surface area (Å²) in [6, 6.07) is 0. The van der Waals surface area contributed by atoms with Gasteiger partial charge >= 0.3 is 0 Å². The van der Waals surface area contributed by atoms with Gasteiger partial charge in [0.05, 0.1) is 5.54 Å². The minimum atomic E-state index is -0.250. The molecule has 2 rings (SSSR count). The van der Waals surface area contributed by atoms with E-state index in [1.54, 1.807) is 0 Å². The first-order chi connectivity index (χ1) is 7.74. The SMILES string of the molecule is CCCCCc1nc(C2(N)CCCC2)n[nH]1. The maximum Gasteiger partial charge on any atom is 0.170 e. The van der Waals surface area contributed by atoms with Crippen molar-refractivity contribution in [2.24, 2.45) is 5.73 Å². The Morgan fingerprint density at radius 3 is 2.75 bits per heavy atom. The van der Waals surface area contributed by atoms with Gasteiger partial charge in [0.1, 0.15) is 5.82 Å². The zero-order chi connectivity index (χ0) is 11.4. The van der Waals surface area contributed by atoms with Crippen molar-refractivity contribution < 1.29 is 0 Å². The molecule has 1 heterocycles. The smallest absolute Gasteiger partial charge is 0.170 e. The van der Waals surface area contributed by atoms with E-state index in [1.165, 1.54) is 32.1 Å². The highest BCUT2D eigenvalue weighted by molar-refractivity contribution is 5.07. The van der Waals surface area contributed by atoms with Crippen LogP contribution in [0.1, 0.15) is 63.5 Å². The number of aryl methyl sites for hydroxylation is 1.